The molecular weight excluding hydrogens is 426 g/mol. The minimum atomic E-state index is -3.72. The molecule has 30 heavy (non-hydrogen) atoms. The van der Waals surface area contributed by atoms with E-state index in [0.717, 1.165) is 11.1 Å². The van der Waals surface area contributed by atoms with E-state index in [4.69, 9.17) is 20.8 Å². The number of aryl methyl sites for hydroxylation is 1. The van der Waals surface area contributed by atoms with Crippen LogP contribution in [0.15, 0.2) is 51.8 Å². The van der Waals surface area contributed by atoms with Gasteiger partial charge in [-0.25, -0.2) is 8.42 Å². The van der Waals surface area contributed by atoms with Crippen LogP contribution in [0.5, 0.6) is 5.75 Å². The van der Waals surface area contributed by atoms with E-state index in [0.29, 0.717) is 42.7 Å². The average Bonchev–Trinajstić information content (AvgIpc) is 3.24. The van der Waals surface area contributed by atoms with Gasteiger partial charge >= 0.3 is 0 Å². The monoisotopic (exact) mass is 447 g/mol. The lowest BCUT2D eigenvalue weighted by atomic mass is 9.98. The van der Waals surface area contributed by atoms with E-state index in [9.17, 15) is 8.42 Å². The Morgan fingerprint density at radius 1 is 1.13 bits per heavy atom. The van der Waals surface area contributed by atoms with Crippen LogP contribution in [0.4, 0.5) is 0 Å². The molecule has 0 amide bonds. The van der Waals surface area contributed by atoms with Crippen LogP contribution in [0, 0.1) is 6.92 Å². The van der Waals surface area contributed by atoms with Gasteiger partial charge in [0.1, 0.15) is 10.6 Å². The van der Waals surface area contributed by atoms with Crippen molar-refractivity contribution < 1.29 is 17.6 Å². The van der Waals surface area contributed by atoms with Gasteiger partial charge < -0.3 is 9.15 Å². The van der Waals surface area contributed by atoms with Gasteiger partial charge in [-0.1, -0.05) is 29.8 Å². The number of aromatic nitrogens is 2. The highest BCUT2D eigenvalue weighted by molar-refractivity contribution is 7.89. The van der Waals surface area contributed by atoms with Crippen molar-refractivity contribution >= 4 is 21.6 Å². The van der Waals surface area contributed by atoms with Crippen molar-refractivity contribution in [2.24, 2.45) is 0 Å². The molecule has 0 N–H and O–H groups in total. The van der Waals surface area contributed by atoms with Crippen LogP contribution in [0.25, 0.3) is 11.5 Å². The van der Waals surface area contributed by atoms with Gasteiger partial charge in [0.15, 0.2) is 0 Å². The molecule has 4 rings (SSSR count). The summed E-state index contributed by atoms with van der Waals surface area (Å²) < 4.78 is 38.8. The largest absolute Gasteiger partial charge is 0.495 e. The molecule has 2 aromatic carbocycles. The van der Waals surface area contributed by atoms with Crippen molar-refractivity contribution in [2.45, 2.75) is 30.6 Å². The number of halogens is 1. The predicted molar refractivity (Wildman–Crippen MR) is 113 cm³/mol. The average molecular weight is 448 g/mol. The minimum Gasteiger partial charge on any atom is -0.495 e. The summed E-state index contributed by atoms with van der Waals surface area (Å²) in [7, 11) is -2.28. The quantitative estimate of drug-likeness (QED) is 0.580. The topological polar surface area (TPSA) is 85.5 Å². The number of rotatable bonds is 5. The van der Waals surface area contributed by atoms with Gasteiger partial charge in [0, 0.05) is 29.6 Å². The normalized spacial score (nSPS) is 16.0. The third-order valence-electron chi connectivity index (χ3n) is 5.36. The smallest absolute Gasteiger partial charge is 0.248 e. The van der Waals surface area contributed by atoms with Crippen LogP contribution >= 0.6 is 11.6 Å². The van der Waals surface area contributed by atoms with Gasteiger partial charge in [-0.3, -0.25) is 0 Å². The Balaban J connectivity index is 1.50. The number of hydrogen-bond donors (Lipinski definition) is 0. The van der Waals surface area contributed by atoms with Crippen molar-refractivity contribution in [1.82, 2.24) is 14.5 Å². The van der Waals surface area contributed by atoms with Gasteiger partial charge in [-0.2, -0.15) is 4.31 Å². The minimum absolute atomic E-state index is 0.0166. The molecule has 0 aliphatic carbocycles. The second kappa shape index (κ2) is 8.37. The Labute approximate surface area is 180 Å². The van der Waals surface area contributed by atoms with Gasteiger partial charge in [0.25, 0.3) is 0 Å². The number of benzene rings is 2. The van der Waals surface area contributed by atoms with Gasteiger partial charge in [0.2, 0.25) is 21.8 Å². The van der Waals surface area contributed by atoms with Crippen LogP contribution in [0.1, 0.15) is 30.2 Å². The Morgan fingerprint density at radius 2 is 1.87 bits per heavy atom. The molecule has 9 heteroatoms. The second-order valence-corrected chi connectivity index (χ2v) is 9.58. The van der Waals surface area contributed by atoms with Crippen LogP contribution in [-0.2, 0) is 10.0 Å². The molecule has 1 saturated heterocycles. The lowest BCUT2D eigenvalue weighted by molar-refractivity contribution is 0.290. The first-order valence-electron chi connectivity index (χ1n) is 9.63. The molecule has 0 atom stereocenters. The van der Waals surface area contributed by atoms with Gasteiger partial charge in [-0.15, -0.1) is 10.2 Å². The Hall–Kier alpha value is -2.42. The van der Waals surface area contributed by atoms with Crippen molar-refractivity contribution in [3.8, 4) is 17.2 Å². The van der Waals surface area contributed by atoms with Crippen LogP contribution < -0.4 is 4.74 Å². The van der Waals surface area contributed by atoms with E-state index < -0.39 is 10.0 Å². The summed E-state index contributed by atoms with van der Waals surface area (Å²) >= 11 is 6.02. The van der Waals surface area contributed by atoms with Crippen molar-refractivity contribution in [3.63, 3.8) is 0 Å². The third-order valence-corrected chi connectivity index (χ3v) is 7.52. The highest BCUT2D eigenvalue weighted by Crippen LogP contribution is 2.35. The molecule has 1 aromatic heterocycles. The molecule has 1 aliphatic rings. The number of piperidine rings is 1. The zero-order chi connectivity index (χ0) is 21.3. The van der Waals surface area contributed by atoms with E-state index in [1.807, 2.05) is 31.2 Å². The molecule has 1 aliphatic heterocycles. The van der Waals surface area contributed by atoms with E-state index in [-0.39, 0.29) is 16.6 Å². The highest BCUT2D eigenvalue weighted by atomic mass is 35.5. The maximum absolute atomic E-state index is 13.1. The number of hydrogen-bond acceptors (Lipinski definition) is 6. The molecular formula is C21H22ClN3O4S. The Morgan fingerprint density at radius 3 is 2.57 bits per heavy atom. The van der Waals surface area contributed by atoms with Crippen molar-refractivity contribution in [1.29, 1.82) is 0 Å². The molecule has 0 saturated carbocycles. The number of ether oxygens (including phenoxy) is 1. The standard InChI is InChI=1S/C21H22ClN3O4S/c1-14-5-3-4-6-17(14)21-24-23-20(29-21)15-9-11-25(12-10-15)30(26,27)19-13-16(22)7-8-18(19)28-2/h3-8,13,15H,9-12H2,1-2H3. The lowest BCUT2D eigenvalue weighted by Gasteiger charge is -2.30. The molecule has 0 unspecified atom stereocenters. The summed E-state index contributed by atoms with van der Waals surface area (Å²) in [5.74, 6) is 1.33. The summed E-state index contributed by atoms with van der Waals surface area (Å²) in [5, 5.41) is 8.76. The zero-order valence-corrected chi connectivity index (χ0v) is 18.3. The maximum atomic E-state index is 13.1. The summed E-state index contributed by atoms with van der Waals surface area (Å²) in [5.41, 5.74) is 1.97. The van der Waals surface area contributed by atoms with Crippen molar-refractivity contribution in [3.05, 3.63) is 58.9 Å². The fourth-order valence-corrected chi connectivity index (χ4v) is 5.54. The molecule has 0 radical (unpaired) electrons. The zero-order valence-electron chi connectivity index (χ0n) is 16.7. The van der Waals surface area contributed by atoms with E-state index in [2.05, 4.69) is 10.2 Å². The number of sulfonamides is 1. The first kappa shape index (κ1) is 20.8. The van der Waals surface area contributed by atoms with Crippen molar-refractivity contribution in [2.75, 3.05) is 20.2 Å². The SMILES string of the molecule is COc1ccc(Cl)cc1S(=O)(=O)N1CCC(c2nnc(-c3ccccc3C)o2)CC1. The number of methoxy groups -OCH3 is 1. The molecule has 0 spiro atoms. The van der Waals surface area contributed by atoms with Gasteiger partial charge in [0.05, 0.1) is 7.11 Å². The Bertz CT molecular complexity index is 1150. The van der Waals surface area contributed by atoms with E-state index in [1.54, 1.807) is 12.1 Å². The number of nitrogens with zero attached hydrogens (tertiary/aromatic N) is 3. The third kappa shape index (κ3) is 3.95. The fourth-order valence-electron chi connectivity index (χ4n) is 3.66. The summed E-state index contributed by atoms with van der Waals surface area (Å²) in [6.07, 6.45) is 1.19. The highest BCUT2D eigenvalue weighted by Gasteiger charge is 2.34. The summed E-state index contributed by atoms with van der Waals surface area (Å²) in [4.78, 5) is 0.0792. The summed E-state index contributed by atoms with van der Waals surface area (Å²) in [6, 6.07) is 12.4. The second-order valence-electron chi connectivity index (χ2n) is 7.23. The van der Waals surface area contributed by atoms with Crippen LogP contribution in [0.2, 0.25) is 5.02 Å². The molecule has 2 heterocycles. The van der Waals surface area contributed by atoms with Crippen LogP contribution in [-0.4, -0.2) is 43.1 Å². The van der Waals surface area contributed by atoms with E-state index in [1.165, 1.54) is 17.5 Å². The molecule has 1 fully saturated rings. The first-order valence-corrected chi connectivity index (χ1v) is 11.4. The lowest BCUT2D eigenvalue weighted by Crippen LogP contribution is -2.38. The van der Waals surface area contributed by atoms with E-state index >= 15 is 0 Å². The summed E-state index contributed by atoms with van der Waals surface area (Å²) in [6.45, 7) is 2.70. The van der Waals surface area contributed by atoms with Gasteiger partial charge in [-0.05, 0) is 49.6 Å². The molecule has 0 bridgehead atoms. The predicted octanol–water partition coefficient (Wildman–Crippen LogP) is 4.28. The fraction of sp³-hybridized carbons (Fsp3) is 0.333. The molecule has 3 aromatic rings. The first-order chi connectivity index (χ1) is 14.4. The maximum Gasteiger partial charge on any atom is 0.248 e. The Kier molecular flexibility index (Phi) is 5.81. The molecule has 158 valence electrons. The van der Waals surface area contributed by atoms with Crippen LogP contribution in [0.3, 0.4) is 0 Å². The molecule has 7 nitrogen and oxygen atoms in total.